The van der Waals surface area contributed by atoms with E-state index in [0.29, 0.717) is 0 Å². The van der Waals surface area contributed by atoms with E-state index in [4.69, 9.17) is 5.26 Å². The molecule has 1 aromatic rings. The summed E-state index contributed by atoms with van der Waals surface area (Å²) in [5.41, 5.74) is 1.21. The first-order chi connectivity index (χ1) is 5.42. The lowest BCUT2D eigenvalue weighted by molar-refractivity contribution is 0.996. The molecular weight excluding hydrogens is 154 g/mol. The molecule has 1 aromatic carbocycles. The van der Waals surface area contributed by atoms with Gasteiger partial charge in [-0.2, -0.15) is 5.26 Å². The molecule has 2 rings (SSSR count). The molecule has 0 aliphatic carbocycles. The van der Waals surface area contributed by atoms with Crippen LogP contribution in [0.4, 0.5) is 0 Å². The molecule has 0 saturated heterocycles. The SMILES string of the molecule is N#C[C@H]1CSc2ccccc21. The van der Waals surface area contributed by atoms with Crippen molar-refractivity contribution in [3.63, 3.8) is 0 Å². The zero-order valence-electron chi connectivity index (χ0n) is 5.95. The number of nitriles is 1. The summed E-state index contributed by atoms with van der Waals surface area (Å²) in [4.78, 5) is 1.28. The molecule has 54 valence electrons. The standard InChI is InChI=1S/C9H7NS/c10-5-7-6-11-9-4-2-1-3-8(7)9/h1-4,7H,6H2/t7-/m0/s1. The van der Waals surface area contributed by atoms with Gasteiger partial charge in [0.2, 0.25) is 0 Å². The molecule has 1 nitrogen and oxygen atoms in total. The Morgan fingerprint density at radius 1 is 1.45 bits per heavy atom. The van der Waals surface area contributed by atoms with E-state index in [1.54, 1.807) is 11.8 Å². The molecule has 1 heterocycles. The van der Waals surface area contributed by atoms with Gasteiger partial charge < -0.3 is 0 Å². The average Bonchev–Trinajstić information content (AvgIpc) is 2.47. The third kappa shape index (κ3) is 1.02. The molecule has 0 N–H and O–H groups in total. The maximum Gasteiger partial charge on any atom is 0.0817 e. The Morgan fingerprint density at radius 3 is 3.09 bits per heavy atom. The first-order valence-corrected chi connectivity index (χ1v) is 4.51. The van der Waals surface area contributed by atoms with Crippen LogP contribution in [0.3, 0.4) is 0 Å². The van der Waals surface area contributed by atoms with Crippen LogP contribution in [0.15, 0.2) is 29.2 Å². The highest BCUT2D eigenvalue weighted by Crippen LogP contribution is 2.38. The third-order valence-electron chi connectivity index (χ3n) is 1.86. The summed E-state index contributed by atoms with van der Waals surface area (Å²) < 4.78 is 0. The summed E-state index contributed by atoms with van der Waals surface area (Å²) in [6.07, 6.45) is 0. The number of nitrogens with zero attached hydrogens (tertiary/aromatic N) is 1. The minimum absolute atomic E-state index is 0.121. The van der Waals surface area contributed by atoms with Crippen LogP contribution in [0.5, 0.6) is 0 Å². The minimum Gasteiger partial charge on any atom is -0.198 e. The lowest BCUT2D eigenvalue weighted by Gasteiger charge is -1.97. The van der Waals surface area contributed by atoms with Gasteiger partial charge >= 0.3 is 0 Å². The monoisotopic (exact) mass is 161 g/mol. The van der Waals surface area contributed by atoms with E-state index in [1.807, 2.05) is 18.2 Å². The Balaban J connectivity index is 2.49. The van der Waals surface area contributed by atoms with Crippen LogP contribution in [-0.2, 0) is 0 Å². The van der Waals surface area contributed by atoms with Crippen molar-refractivity contribution in [2.24, 2.45) is 0 Å². The fraction of sp³-hybridized carbons (Fsp3) is 0.222. The second-order valence-corrected chi connectivity index (χ2v) is 3.59. The number of fused-ring (bicyclic) bond motifs is 1. The first kappa shape index (κ1) is 6.75. The van der Waals surface area contributed by atoms with Crippen LogP contribution < -0.4 is 0 Å². The van der Waals surface area contributed by atoms with Crippen molar-refractivity contribution < 1.29 is 0 Å². The molecule has 0 fully saturated rings. The normalized spacial score (nSPS) is 20.8. The number of rotatable bonds is 0. The summed E-state index contributed by atoms with van der Waals surface area (Å²) in [6.45, 7) is 0. The largest absolute Gasteiger partial charge is 0.198 e. The highest BCUT2D eigenvalue weighted by Gasteiger charge is 2.21. The lowest BCUT2D eigenvalue weighted by Crippen LogP contribution is -1.90. The van der Waals surface area contributed by atoms with E-state index < -0.39 is 0 Å². The second kappa shape index (κ2) is 2.60. The predicted octanol–water partition coefficient (Wildman–Crippen LogP) is 2.40. The zero-order valence-corrected chi connectivity index (χ0v) is 6.77. The summed E-state index contributed by atoms with van der Waals surface area (Å²) in [5.74, 6) is 1.05. The Bertz CT molecular complexity index is 314. The molecule has 0 radical (unpaired) electrons. The van der Waals surface area contributed by atoms with Crippen LogP contribution >= 0.6 is 11.8 Å². The first-order valence-electron chi connectivity index (χ1n) is 3.53. The van der Waals surface area contributed by atoms with Gasteiger partial charge in [-0.1, -0.05) is 18.2 Å². The van der Waals surface area contributed by atoms with Gasteiger partial charge in [0.1, 0.15) is 0 Å². The minimum atomic E-state index is 0.121. The highest BCUT2D eigenvalue weighted by atomic mass is 32.2. The Hall–Kier alpha value is -0.940. The van der Waals surface area contributed by atoms with E-state index in [0.717, 1.165) is 5.75 Å². The summed E-state index contributed by atoms with van der Waals surface area (Å²) in [5, 5.41) is 8.75. The lowest BCUT2D eigenvalue weighted by atomic mass is 10.0. The molecular formula is C9H7NS. The Labute approximate surface area is 70.0 Å². The maximum absolute atomic E-state index is 8.75. The summed E-state index contributed by atoms with van der Waals surface area (Å²) in [7, 11) is 0. The second-order valence-electron chi connectivity index (χ2n) is 2.53. The van der Waals surface area contributed by atoms with Gasteiger partial charge in [-0.3, -0.25) is 0 Å². The Kier molecular flexibility index (Phi) is 1.59. The molecule has 0 aromatic heterocycles. The molecule has 11 heavy (non-hydrogen) atoms. The maximum atomic E-state index is 8.75. The molecule has 0 spiro atoms. The third-order valence-corrected chi connectivity index (χ3v) is 3.04. The van der Waals surface area contributed by atoms with Crippen molar-refractivity contribution in [2.75, 3.05) is 5.75 Å². The number of benzene rings is 1. The van der Waals surface area contributed by atoms with Crippen molar-refractivity contribution in [1.29, 1.82) is 5.26 Å². The van der Waals surface area contributed by atoms with E-state index >= 15 is 0 Å². The summed E-state index contributed by atoms with van der Waals surface area (Å²) >= 11 is 1.78. The Morgan fingerprint density at radius 2 is 2.27 bits per heavy atom. The number of hydrogen-bond donors (Lipinski definition) is 0. The van der Waals surface area contributed by atoms with Gasteiger partial charge in [-0.05, 0) is 11.6 Å². The van der Waals surface area contributed by atoms with Gasteiger partial charge in [-0.25, -0.2) is 0 Å². The molecule has 1 aliphatic heterocycles. The molecule has 1 atom stereocenters. The van der Waals surface area contributed by atoms with E-state index in [-0.39, 0.29) is 5.92 Å². The number of hydrogen-bond acceptors (Lipinski definition) is 2. The van der Waals surface area contributed by atoms with Crippen LogP contribution in [-0.4, -0.2) is 5.75 Å². The van der Waals surface area contributed by atoms with Gasteiger partial charge in [0, 0.05) is 10.6 Å². The molecule has 2 heteroatoms. The van der Waals surface area contributed by atoms with Gasteiger partial charge in [0.25, 0.3) is 0 Å². The molecule has 0 unspecified atom stereocenters. The van der Waals surface area contributed by atoms with Gasteiger partial charge in [0.05, 0.1) is 12.0 Å². The topological polar surface area (TPSA) is 23.8 Å². The van der Waals surface area contributed by atoms with Crippen LogP contribution in [0.25, 0.3) is 0 Å². The molecule has 0 saturated carbocycles. The van der Waals surface area contributed by atoms with Crippen LogP contribution in [0.1, 0.15) is 11.5 Å². The smallest absolute Gasteiger partial charge is 0.0817 e. The van der Waals surface area contributed by atoms with Crippen molar-refractivity contribution in [3.8, 4) is 6.07 Å². The molecule has 0 bridgehead atoms. The van der Waals surface area contributed by atoms with Crippen molar-refractivity contribution in [3.05, 3.63) is 29.8 Å². The van der Waals surface area contributed by atoms with Crippen molar-refractivity contribution in [1.82, 2.24) is 0 Å². The van der Waals surface area contributed by atoms with Crippen molar-refractivity contribution in [2.45, 2.75) is 10.8 Å². The van der Waals surface area contributed by atoms with Gasteiger partial charge in [0.15, 0.2) is 0 Å². The van der Waals surface area contributed by atoms with E-state index in [2.05, 4.69) is 12.1 Å². The fourth-order valence-electron chi connectivity index (χ4n) is 1.27. The summed E-state index contributed by atoms with van der Waals surface area (Å²) in [6, 6.07) is 10.4. The van der Waals surface area contributed by atoms with Crippen molar-refractivity contribution >= 4 is 11.8 Å². The van der Waals surface area contributed by atoms with Crippen LogP contribution in [0.2, 0.25) is 0 Å². The highest BCUT2D eigenvalue weighted by molar-refractivity contribution is 7.99. The average molecular weight is 161 g/mol. The van der Waals surface area contributed by atoms with E-state index in [9.17, 15) is 0 Å². The number of thioether (sulfide) groups is 1. The van der Waals surface area contributed by atoms with Gasteiger partial charge in [-0.15, -0.1) is 11.8 Å². The van der Waals surface area contributed by atoms with Crippen LogP contribution in [0, 0.1) is 11.3 Å². The molecule has 0 amide bonds. The molecule has 1 aliphatic rings. The zero-order chi connectivity index (χ0) is 7.68. The predicted molar refractivity (Wildman–Crippen MR) is 45.5 cm³/mol. The quantitative estimate of drug-likeness (QED) is 0.583. The fourth-order valence-corrected chi connectivity index (χ4v) is 2.42. The van der Waals surface area contributed by atoms with E-state index in [1.165, 1.54) is 10.5 Å².